The monoisotopic (exact) mass is 1020 g/mol. The Bertz CT molecular complexity index is 3250. The molecule has 0 bridgehead atoms. The van der Waals surface area contributed by atoms with Gasteiger partial charge in [-0.25, -0.2) is 19.0 Å². The maximum Gasteiger partial charge on any atom is 0.407 e. The van der Waals surface area contributed by atoms with Crippen LogP contribution < -0.4 is 32.1 Å². The van der Waals surface area contributed by atoms with Crippen LogP contribution in [0.1, 0.15) is 76.6 Å². The van der Waals surface area contributed by atoms with Crippen molar-refractivity contribution in [3.05, 3.63) is 158 Å². The normalized spacial score (nSPS) is 15.3. The van der Waals surface area contributed by atoms with Crippen molar-refractivity contribution < 1.29 is 52.5 Å². The average Bonchev–Trinajstić information content (AvgIpc) is 3.97. The van der Waals surface area contributed by atoms with Gasteiger partial charge in [-0.05, 0) is 83.7 Å². The van der Waals surface area contributed by atoms with Crippen LogP contribution in [0.5, 0.6) is 0 Å². The Morgan fingerprint density at radius 2 is 1.52 bits per heavy atom. The highest BCUT2D eigenvalue weighted by Gasteiger charge is 2.45. The van der Waals surface area contributed by atoms with E-state index in [1.54, 1.807) is 60.9 Å². The Morgan fingerprint density at radius 3 is 2.25 bits per heavy atom. The minimum Gasteiger partial charge on any atom is -0.458 e. The lowest BCUT2D eigenvalue weighted by atomic mass is 9.86. The van der Waals surface area contributed by atoms with Gasteiger partial charge in [0.15, 0.2) is 5.60 Å². The molecular weight excluding hydrogens is 966 g/mol. The topological polar surface area (TPSA) is 245 Å². The Morgan fingerprint density at radius 1 is 0.840 bits per heavy atom. The van der Waals surface area contributed by atoms with Crippen LogP contribution in [0.25, 0.3) is 33.4 Å². The number of carbonyl (C=O) groups is 6. The standard InChI is InChI=1S/C56H56FN7O11/c1-3-56(72)43-23-47-51-40(28-64(47)53(69)42(43)30-74-54(56)70)38(39-21-32(2)44(57)24-45(39)63-51)19-11-12-20-73-31-61-49(66)25-59-52(68)46(22-33-13-5-4-6-14-33)62-50(67)27-58-48(65)26-60-55(71)75-29-41-36-17-9-7-15-34(36)35-16-8-10-18-37(35)41/h4-10,13-18,21,23-24,41,46,72H,3,11-12,19-20,22,25-31H2,1-2H3,(H,58,65)(H,59,68)(H,60,71)(H,61,66)(H,62,67)/t46-,56-/m0/s1. The molecule has 0 saturated heterocycles. The van der Waals surface area contributed by atoms with Gasteiger partial charge < -0.3 is 50.5 Å². The van der Waals surface area contributed by atoms with Crippen LogP contribution in [-0.4, -0.2) is 96.0 Å². The number of hydrogen-bond acceptors (Lipinski definition) is 12. The van der Waals surface area contributed by atoms with E-state index in [1.165, 1.54) is 6.07 Å². The first-order valence-electron chi connectivity index (χ1n) is 24.8. The fourth-order valence-electron chi connectivity index (χ4n) is 9.99. The van der Waals surface area contributed by atoms with Crippen LogP contribution in [0.3, 0.4) is 0 Å². The van der Waals surface area contributed by atoms with Crippen molar-refractivity contribution >= 4 is 46.6 Å². The summed E-state index contributed by atoms with van der Waals surface area (Å²) in [6, 6.07) is 28.4. The number of aryl methyl sites for hydroxylation is 2. The van der Waals surface area contributed by atoms with E-state index in [9.17, 15) is 43.1 Å². The lowest BCUT2D eigenvalue weighted by molar-refractivity contribution is -0.172. The van der Waals surface area contributed by atoms with Crippen molar-refractivity contribution in [3.8, 4) is 22.5 Å². The maximum atomic E-state index is 14.9. The molecule has 18 nitrogen and oxygen atoms in total. The molecule has 2 atom stereocenters. The minimum absolute atomic E-state index is 0.00246. The summed E-state index contributed by atoms with van der Waals surface area (Å²) in [5.74, 6) is -3.94. The molecule has 19 heteroatoms. The number of hydrogen-bond donors (Lipinski definition) is 6. The Hall–Kier alpha value is -8.29. The summed E-state index contributed by atoms with van der Waals surface area (Å²) in [6.07, 6.45) is 0.982. The van der Waals surface area contributed by atoms with E-state index in [0.717, 1.165) is 44.3 Å². The number of rotatable bonds is 20. The van der Waals surface area contributed by atoms with Crippen LogP contribution in [0.4, 0.5) is 9.18 Å². The molecule has 2 aromatic heterocycles. The van der Waals surface area contributed by atoms with E-state index in [4.69, 9.17) is 19.2 Å². The van der Waals surface area contributed by atoms with Crippen molar-refractivity contribution in [3.63, 3.8) is 0 Å². The Balaban J connectivity index is 0.720. The molecule has 6 aromatic rings. The molecule has 3 aliphatic rings. The number of cyclic esters (lactones) is 1. The molecule has 75 heavy (non-hydrogen) atoms. The van der Waals surface area contributed by atoms with E-state index >= 15 is 0 Å². The number of unbranched alkanes of at least 4 members (excludes halogenated alkanes) is 1. The zero-order valence-electron chi connectivity index (χ0n) is 41.4. The molecule has 5 amide bonds. The molecule has 2 aliphatic heterocycles. The molecule has 4 aromatic carbocycles. The predicted molar refractivity (Wildman–Crippen MR) is 272 cm³/mol. The fraction of sp³-hybridized carbons (Fsp3) is 0.321. The number of halogens is 1. The third kappa shape index (κ3) is 11.0. The molecule has 0 unspecified atom stereocenters. The minimum atomic E-state index is -1.99. The molecule has 0 spiro atoms. The van der Waals surface area contributed by atoms with Crippen LogP contribution >= 0.6 is 0 Å². The Kier molecular flexibility index (Phi) is 15.4. The molecule has 0 saturated carbocycles. The molecule has 0 radical (unpaired) electrons. The van der Waals surface area contributed by atoms with Gasteiger partial charge in [0.2, 0.25) is 23.6 Å². The number of nitrogens with one attached hydrogen (secondary N) is 5. The van der Waals surface area contributed by atoms with Gasteiger partial charge in [-0.1, -0.05) is 85.8 Å². The number of alkyl carbamates (subject to hydrolysis) is 1. The summed E-state index contributed by atoms with van der Waals surface area (Å²) in [4.78, 5) is 95.7. The molecule has 0 fully saturated rings. The summed E-state index contributed by atoms with van der Waals surface area (Å²) in [6.45, 7) is 2.02. The summed E-state index contributed by atoms with van der Waals surface area (Å²) in [5, 5.41) is 24.7. The number of pyridine rings is 2. The summed E-state index contributed by atoms with van der Waals surface area (Å²) in [7, 11) is 0. The van der Waals surface area contributed by atoms with Crippen molar-refractivity contribution in [2.24, 2.45) is 0 Å². The number of esters is 1. The lowest BCUT2D eigenvalue weighted by Crippen LogP contribution is -2.52. The number of amides is 5. The fourth-order valence-corrected chi connectivity index (χ4v) is 9.99. The Labute approximate surface area is 430 Å². The second kappa shape index (κ2) is 22.4. The summed E-state index contributed by atoms with van der Waals surface area (Å²) < 4.78 is 32.9. The van der Waals surface area contributed by atoms with Gasteiger partial charge in [-0.15, -0.1) is 0 Å². The van der Waals surface area contributed by atoms with E-state index in [-0.39, 0.29) is 63.0 Å². The van der Waals surface area contributed by atoms with Gasteiger partial charge in [-0.3, -0.25) is 24.0 Å². The molecule has 4 heterocycles. The number of aromatic nitrogens is 2. The first-order chi connectivity index (χ1) is 36.2. The maximum absolute atomic E-state index is 14.9. The number of ether oxygens (including phenoxy) is 3. The first-order valence-corrected chi connectivity index (χ1v) is 24.8. The molecule has 1 aliphatic carbocycles. The first kappa shape index (κ1) is 51.6. The smallest absolute Gasteiger partial charge is 0.407 e. The molecular formula is C56H56FN7O11. The van der Waals surface area contributed by atoms with Crippen LogP contribution in [0, 0.1) is 12.7 Å². The number of aliphatic hydroxyl groups is 1. The van der Waals surface area contributed by atoms with Crippen molar-refractivity contribution in [2.45, 2.75) is 76.7 Å². The quantitative estimate of drug-likeness (QED) is 0.0353. The van der Waals surface area contributed by atoms with Crippen molar-refractivity contribution in [1.29, 1.82) is 0 Å². The summed E-state index contributed by atoms with van der Waals surface area (Å²) >= 11 is 0. The number of benzene rings is 4. The lowest BCUT2D eigenvalue weighted by Gasteiger charge is -2.31. The van der Waals surface area contributed by atoms with E-state index in [2.05, 4.69) is 26.6 Å². The largest absolute Gasteiger partial charge is 0.458 e. The highest BCUT2D eigenvalue weighted by molar-refractivity contribution is 5.93. The van der Waals surface area contributed by atoms with E-state index < -0.39 is 78.3 Å². The van der Waals surface area contributed by atoms with Gasteiger partial charge in [0.05, 0.1) is 42.1 Å². The summed E-state index contributed by atoms with van der Waals surface area (Å²) in [5.41, 5.74) is 6.38. The van der Waals surface area contributed by atoms with Gasteiger partial charge >= 0.3 is 12.1 Å². The zero-order valence-corrected chi connectivity index (χ0v) is 41.4. The molecule has 9 rings (SSSR count). The predicted octanol–water partition coefficient (Wildman–Crippen LogP) is 4.44. The SMILES string of the molecule is CC[C@@]1(O)C(=O)OCc2c1cc1n(c2=O)Cc2c-1nc1cc(F)c(C)cc1c2CCCCOCNC(=O)CNC(=O)[C@H](Cc1ccccc1)NC(=O)CNC(=O)CNC(=O)OCC1c2ccccc2-c2ccccc21. The van der Waals surface area contributed by atoms with E-state index in [0.29, 0.717) is 41.7 Å². The van der Waals surface area contributed by atoms with Gasteiger partial charge in [0.25, 0.3) is 5.56 Å². The van der Waals surface area contributed by atoms with Crippen LogP contribution in [-0.2, 0) is 69.8 Å². The zero-order chi connectivity index (χ0) is 52.8. The number of fused-ring (bicyclic) bond motifs is 8. The van der Waals surface area contributed by atoms with Gasteiger partial charge in [0.1, 0.15) is 38.3 Å². The molecule has 388 valence electrons. The highest BCUT2D eigenvalue weighted by Crippen LogP contribution is 2.45. The number of carbonyl (C=O) groups excluding carboxylic acids is 6. The second-order valence-electron chi connectivity index (χ2n) is 18.7. The van der Waals surface area contributed by atoms with E-state index in [1.807, 2.05) is 48.5 Å². The second-order valence-corrected chi connectivity index (χ2v) is 18.7. The molecule has 6 N–H and O–H groups in total. The van der Waals surface area contributed by atoms with Crippen LogP contribution in [0.2, 0.25) is 0 Å². The third-order valence-electron chi connectivity index (χ3n) is 14.0. The van der Waals surface area contributed by atoms with Gasteiger partial charge in [-0.2, -0.15) is 0 Å². The third-order valence-corrected chi connectivity index (χ3v) is 14.0. The average molecular weight is 1020 g/mol. The van der Waals surface area contributed by atoms with Crippen molar-refractivity contribution in [1.82, 2.24) is 36.1 Å². The van der Waals surface area contributed by atoms with Crippen molar-refractivity contribution in [2.75, 3.05) is 39.6 Å². The van der Waals surface area contributed by atoms with Crippen LogP contribution in [0.15, 0.2) is 102 Å². The number of nitrogens with zero attached hydrogens (tertiary/aromatic N) is 2. The highest BCUT2D eigenvalue weighted by atomic mass is 19.1. The van der Waals surface area contributed by atoms with Gasteiger partial charge in [0, 0.05) is 41.5 Å².